The van der Waals surface area contributed by atoms with Crippen molar-refractivity contribution in [3.8, 4) is 0 Å². The predicted molar refractivity (Wildman–Crippen MR) is 83.7 cm³/mol. The van der Waals surface area contributed by atoms with Crippen LogP contribution >= 0.6 is 15.9 Å². The van der Waals surface area contributed by atoms with Crippen LogP contribution in [-0.4, -0.2) is 37.7 Å². The van der Waals surface area contributed by atoms with E-state index in [9.17, 15) is 9.18 Å². The summed E-state index contributed by atoms with van der Waals surface area (Å²) < 4.78 is 19.5. The first-order valence-electron chi connectivity index (χ1n) is 6.79. The molecule has 1 aromatic rings. The summed E-state index contributed by atoms with van der Waals surface area (Å²) in [5, 5.41) is 2.85. The van der Waals surface area contributed by atoms with Gasteiger partial charge in [0.05, 0.1) is 29.1 Å². The van der Waals surface area contributed by atoms with E-state index in [-0.39, 0.29) is 18.6 Å². The standard InChI is InChI=1S/C14H19BrFN3O2/c1-8(2)18-14(20)13-7-21-4-3-19(13)12-6-10(16)9(15)5-11(12)17/h5-6,8,13H,3-4,7,17H2,1-2H3,(H,18,20). The Labute approximate surface area is 131 Å². The maximum absolute atomic E-state index is 13.8. The molecule has 1 atom stereocenters. The maximum atomic E-state index is 13.8. The van der Waals surface area contributed by atoms with Crippen LogP contribution in [0.15, 0.2) is 16.6 Å². The van der Waals surface area contributed by atoms with E-state index in [0.717, 1.165) is 0 Å². The average molecular weight is 360 g/mol. The highest BCUT2D eigenvalue weighted by atomic mass is 79.9. The van der Waals surface area contributed by atoms with E-state index in [2.05, 4.69) is 21.2 Å². The molecule has 5 nitrogen and oxygen atoms in total. The number of ether oxygens (including phenoxy) is 1. The quantitative estimate of drug-likeness (QED) is 0.808. The molecule has 1 aromatic carbocycles. The number of carbonyl (C=O) groups excluding carboxylic acids is 1. The van der Waals surface area contributed by atoms with Gasteiger partial charge in [-0.3, -0.25) is 4.79 Å². The highest BCUT2D eigenvalue weighted by Gasteiger charge is 2.31. The van der Waals surface area contributed by atoms with Gasteiger partial charge < -0.3 is 20.7 Å². The number of nitrogens with zero attached hydrogens (tertiary/aromatic N) is 1. The second-order valence-corrected chi connectivity index (χ2v) is 6.13. The zero-order chi connectivity index (χ0) is 15.6. The topological polar surface area (TPSA) is 67.6 Å². The van der Waals surface area contributed by atoms with Gasteiger partial charge in [-0.2, -0.15) is 0 Å². The molecule has 1 aliphatic rings. The van der Waals surface area contributed by atoms with Crippen LogP contribution in [0.25, 0.3) is 0 Å². The lowest BCUT2D eigenvalue weighted by molar-refractivity contribution is -0.125. The van der Waals surface area contributed by atoms with Crippen molar-refractivity contribution in [2.45, 2.75) is 25.9 Å². The molecule has 0 spiro atoms. The first-order chi connectivity index (χ1) is 9.90. The Hall–Kier alpha value is -1.34. The number of nitrogens with one attached hydrogen (secondary N) is 1. The number of carbonyl (C=O) groups is 1. The Kier molecular flexibility index (Phi) is 5.05. The van der Waals surface area contributed by atoms with Crippen molar-refractivity contribution < 1.29 is 13.9 Å². The number of anilines is 2. The Morgan fingerprint density at radius 3 is 2.95 bits per heavy atom. The summed E-state index contributed by atoms with van der Waals surface area (Å²) in [5.41, 5.74) is 6.91. The van der Waals surface area contributed by atoms with Crippen LogP contribution in [-0.2, 0) is 9.53 Å². The van der Waals surface area contributed by atoms with Crippen molar-refractivity contribution in [3.63, 3.8) is 0 Å². The normalized spacial score (nSPS) is 18.9. The summed E-state index contributed by atoms with van der Waals surface area (Å²) in [6.45, 7) is 5.00. The largest absolute Gasteiger partial charge is 0.397 e. The molecule has 0 aromatic heterocycles. The van der Waals surface area contributed by atoms with Crippen molar-refractivity contribution >= 4 is 33.2 Å². The maximum Gasteiger partial charge on any atom is 0.245 e. The molecular formula is C14H19BrFN3O2. The molecule has 0 radical (unpaired) electrons. The van der Waals surface area contributed by atoms with Gasteiger partial charge in [-0.25, -0.2) is 4.39 Å². The fourth-order valence-electron chi connectivity index (χ4n) is 2.29. The number of rotatable bonds is 3. The van der Waals surface area contributed by atoms with Crippen LogP contribution in [0.5, 0.6) is 0 Å². The number of benzene rings is 1. The van der Waals surface area contributed by atoms with Gasteiger partial charge in [0, 0.05) is 18.7 Å². The highest BCUT2D eigenvalue weighted by molar-refractivity contribution is 9.10. The van der Waals surface area contributed by atoms with E-state index in [0.29, 0.717) is 29.0 Å². The number of morpholine rings is 1. The van der Waals surface area contributed by atoms with Crippen LogP contribution in [0.1, 0.15) is 13.8 Å². The lowest BCUT2D eigenvalue weighted by Crippen LogP contribution is -2.55. The summed E-state index contributed by atoms with van der Waals surface area (Å²) in [5.74, 6) is -0.555. The highest BCUT2D eigenvalue weighted by Crippen LogP contribution is 2.31. The van der Waals surface area contributed by atoms with Gasteiger partial charge in [0.2, 0.25) is 5.91 Å². The zero-order valence-corrected chi connectivity index (χ0v) is 13.6. The molecule has 1 fully saturated rings. The van der Waals surface area contributed by atoms with Gasteiger partial charge in [0.15, 0.2) is 0 Å². The molecule has 2 rings (SSSR count). The Morgan fingerprint density at radius 1 is 1.57 bits per heavy atom. The number of nitrogen functional groups attached to an aromatic ring is 1. The number of nitrogens with two attached hydrogens (primary N) is 1. The third kappa shape index (κ3) is 3.65. The lowest BCUT2D eigenvalue weighted by Gasteiger charge is -2.37. The molecule has 0 aliphatic carbocycles. The Bertz CT molecular complexity index is 539. The smallest absolute Gasteiger partial charge is 0.245 e. The van der Waals surface area contributed by atoms with Crippen molar-refractivity contribution in [2.75, 3.05) is 30.4 Å². The molecule has 1 aliphatic heterocycles. The summed E-state index contributed by atoms with van der Waals surface area (Å²) in [6.07, 6.45) is 0. The molecule has 1 unspecified atom stereocenters. The van der Waals surface area contributed by atoms with E-state index in [1.807, 2.05) is 13.8 Å². The minimum atomic E-state index is -0.510. The van der Waals surface area contributed by atoms with Crippen molar-refractivity contribution in [1.29, 1.82) is 0 Å². The van der Waals surface area contributed by atoms with Crippen LogP contribution in [0.2, 0.25) is 0 Å². The van der Waals surface area contributed by atoms with Gasteiger partial charge in [-0.15, -0.1) is 0 Å². The first kappa shape index (κ1) is 16.0. The number of amides is 1. The molecule has 1 amide bonds. The number of hydrogen-bond acceptors (Lipinski definition) is 4. The van der Waals surface area contributed by atoms with Gasteiger partial charge in [0.1, 0.15) is 11.9 Å². The van der Waals surface area contributed by atoms with Crippen LogP contribution in [0.4, 0.5) is 15.8 Å². The monoisotopic (exact) mass is 359 g/mol. The molecule has 1 saturated heterocycles. The summed E-state index contributed by atoms with van der Waals surface area (Å²) >= 11 is 3.10. The van der Waals surface area contributed by atoms with Gasteiger partial charge >= 0.3 is 0 Å². The van der Waals surface area contributed by atoms with Crippen molar-refractivity contribution in [1.82, 2.24) is 5.32 Å². The van der Waals surface area contributed by atoms with E-state index in [1.165, 1.54) is 12.1 Å². The number of hydrogen-bond donors (Lipinski definition) is 2. The van der Waals surface area contributed by atoms with E-state index in [4.69, 9.17) is 10.5 Å². The minimum absolute atomic E-state index is 0.0280. The average Bonchev–Trinajstić information content (AvgIpc) is 2.42. The van der Waals surface area contributed by atoms with Crippen LogP contribution < -0.4 is 16.0 Å². The van der Waals surface area contributed by atoms with Gasteiger partial charge in [-0.05, 0) is 35.8 Å². The fraction of sp³-hybridized carbons (Fsp3) is 0.500. The summed E-state index contributed by atoms with van der Waals surface area (Å²) in [7, 11) is 0. The van der Waals surface area contributed by atoms with E-state index < -0.39 is 11.9 Å². The SMILES string of the molecule is CC(C)NC(=O)C1COCCN1c1cc(F)c(Br)cc1N. The van der Waals surface area contributed by atoms with Crippen molar-refractivity contribution in [2.24, 2.45) is 0 Å². The second kappa shape index (κ2) is 6.62. The van der Waals surface area contributed by atoms with Crippen molar-refractivity contribution in [3.05, 3.63) is 22.4 Å². The third-order valence-corrected chi connectivity index (χ3v) is 3.85. The predicted octanol–water partition coefficient (Wildman–Crippen LogP) is 1.90. The first-order valence-corrected chi connectivity index (χ1v) is 7.58. The van der Waals surface area contributed by atoms with E-state index in [1.54, 1.807) is 4.90 Å². The Morgan fingerprint density at radius 2 is 2.29 bits per heavy atom. The summed E-state index contributed by atoms with van der Waals surface area (Å²) in [6, 6.07) is 2.38. The minimum Gasteiger partial charge on any atom is -0.397 e. The molecule has 0 bridgehead atoms. The molecule has 116 valence electrons. The molecule has 3 N–H and O–H groups in total. The molecular weight excluding hydrogens is 341 g/mol. The summed E-state index contributed by atoms with van der Waals surface area (Å²) in [4.78, 5) is 14.1. The molecule has 7 heteroatoms. The van der Waals surface area contributed by atoms with Gasteiger partial charge in [-0.1, -0.05) is 0 Å². The van der Waals surface area contributed by atoms with Crippen LogP contribution in [0, 0.1) is 5.82 Å². The third-order valence-electron chi connectivity index (χ3n) is 3.24. The number of halogens is 2. The zero-order valence-electron chi connectivity index (χ0n) is 12.0. The molecule has 1 heterocycles. The lowest BCUT2D eigenvalue weighted by atomic mass is 10.1. The second-order valence-electron chi connectivity index (χ2n) is 5.27. The van der Waals surface area contributed by atoms with Crippen LogP contribution in [0.3, 0.4) is 0 Å². The fourth-order valence-corrected chi connectivity index (χ4v) is 2.65. The van der Waals surface area contributed by atoms with Gasteiger partial charge in [0.25, 0.3) is 0 Å². The molecule has 0 saturated carbocycles. The Balaban J connectivity index is 2.30. The molecule has 21 heavy (non-hydrogen) atoms. The van der Waals surface area contributed by atoms with E-state index >= 15 is 0 Å².